The lowest BCUT2D eigenvalue weighted by atomic mass is 9.85. The summed E-state index contributed by atoms with van der Waals surface area (Å²) >= 11 is 0. The summed E-state index contributed by atoms with van der Waals surface area (Å²) in [6, 6.07) is 63.8. The van der Waals surface area contributed by atoms with Gasteiger partial charge >= 0.3 is 0 Å². The highest BCUT2D eigenvalue weighted by atomic mass is 16.3. The molecule has 0 aliphatic rings. The Labute approximate surface area is 288 Å². The van der Waals surface area contributed by atoms with Crippen molar-refractivity contribution in [3.63, 3.8) is 0 Å². The molecule has 0 fully saturated rings. The number of para-hydroxylation sites is 2. The average Bonchev–Trinajstić information content (AvgIpc) is 3.72. The van der Waals surface area contributed by atoms with Crippen molar-refractivity contribution in [3.05, 3.63) is 176 Å². The van der Waals surface area contributed by atoms with Gasteiger partial charge in [0.25, 0.3) is 0 Å². The van der Waals surface area contributed by atoms with Crippen molar-refractivity contribution in [3.8, 4) is 27.9 Å². The van der Waals surface area contributed by atoms with E-state index >= 15 is 0 Å². The van der Waals surface area contributed by atoms with Crippen LogP contribution in [0, 0.1) is 0 Å². The molecule has 0 unspecified atom stereocenters. The number of benzene rings is 9. The van der Waals surface area contributed by atoms with Gasteiger partial charge in [-0.3, -0.25) is 0 Å². The Morgan fingerprint density at radius 3 is 1.58 bits per heavy atom. The molecule has 2 aromatic heterocycles. The first-order valence-electron chi connectivity index (χ1n) is 17.2. The molecule has 0 aliphatic carbocycles. The standard InChI is InChI=1S/C48H29NO/c1-2-13-33(14-3-1)49-43-21-11-10-16-35(43)41-28-31(23-26-44(41)49)46-36-17-6-8-19-38(36)47(39-20-9-7-18-37(39)46)32-24-27-45-42(29-32)40-25-22-30-12-4-5-15-34(30)48(40)50-45/h1-29H. The van der Waals surface area contributed by atoms with E-state index in [4.69, 9.17) is 4.42 Å². The maximum atomic E-state index is 6.50. The molecule has 11 aromatic rings. The van der Waals surface area contributed by atoms with Crippen LogP contribution in [0.25, 0.3) is 104 Å². The summed E-state index contributed by atoms with van der Waals surface area (Å²) in [4.78, 5) is 0. The third-order valence-corrected chi connectivity index (χ3v) is 10.6. The van der Waals surface area contributed by atoms with Crippen LogP contribution in [0.3, 0.4) is 0 Å². The summed E-state index contributed by atoms with van der Waals surface area (Å²) in [7, 11) is 0. The van der Waals surface area contributed by atoms with Crippen molar-refractivity contribution >= 4 is 76.1 Å². The van der Waals surface area contributed by atoms with Gasteiger partial charge in [-0.1, -0.05) is 127 Å². The third kappa shape index (κ3) is 3.85. The SMILES string of the molecule is c1ccc(-n2c3ccccc3c3cc(-c4c5ccccc5c(-c5ccc6oc7c8ccccc8ccc7c6c5)c5ccccc45)ccc32)cc1. The second-order valence-corrected chi connectivity index (χ2v) is 13.2. The zero-order valence-electron chi connectivity index (χ0n) is 27.1. The minimum Gasteiger partial charge on any atom is -0.455 e. The van der Waals surface area contributed by atoms with Crippen LogP contribution in [0.5, 0.6) is 0 Å². The highest BCUT2D eigenvalue weighted by Crippen LogP contribution is 2.46. The lowest BCUT2D eigenvalue weighted by Crippen LogP contribution is -1.93. The van der Waals surface area contributed by atoms with Gasteiger partial charge in [0.05, 0.1) is 11.0 Å². The van der Waals surface area contributed by atoms with Crippen LogP contribution in [0.1, 0.15) is 0 Å². The number of aromatic nitrogens is 1. The quantitative estimate of drug-likeness (QED) is 0.177. The monoisotopic (exact) mass is 635 g/mol. The first-order chi connectivity index (χ1) is 24.8. The Kier molecular flexibility index (Phi) is 5.70. The summed E-state index contributed by atoms with van der Waals surface area (Å²) in [6.07, 6.45) is 0. The highest BCUT2D eigenvalue weighted by molar-refractivity contribution is 6.23. The molecule has 2 nitrogen and oxygen atoms in total. The number of furan rings is 1. The van der Waals surface area contributed by atoms with Crippen LogP contribution in [0.15, 0.2) is 180 Å². The van der Waals surface area contributed by atoms with Gasteiger partial charge in [-0.05, 0) is 97.7 Å². The molecule has 0 saturated carbocycles. The first-order valence-corrected chi connectivity index (χ1v) is 17.2. The molecule has 0 aliphatic heterocycles. The Hall–Kier alpha value is -6.64. The molecule has 0 radical (unpaired) electrons. The fourth-order valence-electron chi connectivity index (χ4n) is 8.39. The number of hydrogen-bond donors (Lipinski definition) is 0. The molecule has 2 heteroatoms. The van der Waals surface area contributed by atoms with E-state index < -0.39 is 0 Å². The minimum atomic E-state index is 0.910. The van der Waals surface area contributed by atoms with E-state index in [1.807, 2.05) is 0 Å². The molecular formula is C48H29NO. The van der Waals surface area contributed by atoms with Crippen LogP contribution in [-0.4, -0.2) is 4.57 Å². The fraction of sp³-hybridized carbons (Fsp3) is 0. The predicted molar refractivity (Wildman–Crippen MR) is 211 cm³/mol. The highest BCUT2D eigenvalue weighted by Gasteiger charge is 2.20. The third-order valence-electron chi connectivity index (χ3n) is 10.6. The first kappa shape index (κ1) is 27.3. The largest absolute Gasteiger partial charge is 0.455 e. The van der Waals surface area contributed by atoms with Crippen molar-refractivity contribution in [1.82, 2.24) is 4.57 Å². The molecule has 0 saturated heterocycles. The van der Waals surface area contributed by atoms with Gasteiger partial charge in [0, 0.05) is 32.6 Å². The Morgan fingerprint density at radius 2 is 0.880 bits per heavy atom. The second kappa shape index (κ2) is 10.4. The average molecular weight is 636 g/mol. The molecule has 9 aromatic carbocycles. The van der Waals surface area contributed by atoms with E-state index in [2.05, 4.69) is 180 Å². The van der Waals surface area contributed by atoms with E-state index in [0.29, 0.717) is 0 Å². The molecule has 0 N–H and O–H groups in total. The molecule has 0 spiro atoms. The van der Waals surface area contributed by atoms with Gasteiger partial charge in [0.1, 0.15) is 11.2 Å². The molecule has 11 rings (SSSR count). The Balaban J connectivity index is 1.18. The summed E-state index contributed by atoms with van der Waals surface area (Å²) < 4.78 is 8.88. The molecule has 2 heterocycles. The van der Waals surface area contributed by atoms with Gasteiger partial charge in [-0.25, -0.2) is 0 Å². The molecule has 0 atom stereocenters. The normalized spacial score (nSPS) is 12.0. The summed E-state index contributed by atoms with van der Waals surface area (Å²) in [5.74, 6) is 0. The lowest BCUT2D eigenvalue weighted by molar-refractivity contribution is 0.672. The van der Waals surface area contributed by atoms with Gasteiger partial charge in [-0.2, -0.15) is 0 Å². The van der Waals surface area contributed by atoms with E-state index in [1.54, 1.807) is 0 Å². The molecular weight excluding hydrogens is 607 g/mol. The number of nitrogens with zero attached hydrogens (tertiary/aromatic N) is 1. The van der Waals surface area contributed by atoms with Gasteiger partial charge in [-0.15, -0.1) is 0 Å². The van der Waals surface area contributed by atoms with Crippen molar-refractivity contribution in [2.24, 2.45) is 0 Å². The van der Waals surface area contributed by atoms with Gasteiger partial charge in [0.15, 0.2) is 0 Å². The lowest BCUT2D eigenvalue weighted by Gasteiger charge is -2.18. The number of fused-ring (bicyclic) bond motifs is 10. The van der Waals surface area contributed by atoms with Crippen molar-refractivity contribution < 1.29 is 4.42 Å². The van der Waals surface area contributed by atoms with Crippen LogP contribution in [-0.2, 0) is 0 Å². The minimum absolute atomic E-state index is 0.910. The van der Waals surface area contributed by atoms with E-state index in [1.165, 1.54) is 76.7 Å². The number of rotatable bonds is 3. The van der Waals surface area contributed by atoms with E-state index in [9.17, 15) is 0 Å². The summed E-state index contributed by atoms with van der Waals surface area (Å²) in [5, 5.41) is 12.1. The molecule has 0 amide bonds. The second-order valence-electron chi connectivity index (χ2n) is 13.2. The van der Waals surface area contributed by atoms with Crippen LogP contribution < -0.4 is 0 Å². The van der Waals surface area contributed by atoms with Gasteiger partial charge in [0.2, 0.25) is 0 Å². The van der Waals surface area contributed by atoms with Crippen LogP contribution in [0.2, 0.25) is 0 Å². The Bertz CT molecular complexity index is 3090. The van der Waals surface area contributed by atoms with Crippen molar-refractivity contribution in [1.29, 1.82) is 0 Å². The zero-order valence-corrected chi connectivity index (χ0v) is 27.1. The zero-order chi connectivity index (χ0) is 32.8. The fourth-order valence-corrected chi connectivity index (χ4v) is 8.39. The van der Waals surface area contributed by atoms with E-state index in [-0.39, 0.29) is 0 Å². The van der Waals surface area contributed by atoms with Gasteiger partial charge < -0.3 is 8.98 Å². The predicted octanol–water partition coefficient (Wildman–Crippen LogP) is 13.5. The van der Waals surface area contributed by atoms with Crippen LogP contribution >= 0.6 is 0 Å². The molecule has 0 bridgehead atoms. The maximum absolute atomic E-state index is 6.50. The summed E-state index contributed by atoms with van der Waals surface area (Å²) in [6.45, 7) is 0. The van der Waals surface area contributed by atoms with E-state index in [0.717, 1.165) is 27.3 Å². The maximum Gasteiger partial charge on any atom is 0.143 e. The topological polar surface area (TPSA) is 18.1 Å². The molecule has 232 valence electrons. The summed E-state index contributed by atoms with van der Waals surface area (Å²) in [5.41, 5.74) is 10.4. The van der Waals surface area contributed by atoms with Crippen LogP contribution in [0.4, 0.5) is 0 Å². The van der Waals surface area contributed by atoms with Crippen molar-refractivity contribution in [2.45, 2.75) is 0 Å². The van der Waals surface area contributed by atoms with Crippen molar-refractivity contribution in [2.75, 3.05) is 0 Å². The smallest absolute Gasteiger partial charge is 0.143 e. The molecule has 50 heavy (non-hydrogen) atoms. The Morgan fingerprint density at radius 1 is 0.340 bits per heavy atom. The number of hydrogen-bond acceptors (Lipinski definition) is 1.